The van der Waals surface area contributed by atoms with Crippen molar-refractivity contribution in [2.75, 3.05) is 13.1 Å². The predicted molar refractivity (Wildman–Crippen MR) is 64.1 cm³/mol. The summed E-state index contributed by atoms with van der Waals surface area (Å²) in [6.45, 7) is 5.18. The second kappa shape index (κ2) is 4.45. The molecule has 0 fully saturated rings. The van der Waals surface area contributed by atoms with Crippen molar-refractivity contribution < 1.29 is 9.21 Å². The van der Waals surface area contributed by atoms with Gasteiger partial charge in [0.2, 0.25) is 0 Å². The van der Waals surface area contributed by atoms with Crippen molar-refractivity contribution >= 4 is 17.0 Å². The maximum Gasteiger partial charge on any atom is 0.417 e. The normalized spacial score (nSPS) is 10.7. The maximum atomic E-state index is 12.1. The van der Waals surface area contributed by atoms with E-state index in [9.17, 15) is 9.59 Å². The second-order valence-electron chi connectivity index (χ2n) is 3.70. The van der Waals surface area contributed by atoms with Crippen LogP contribution < -0.4 is 5.76 Å². The van der Waals surface area contributed by atoms with Gasteiger partial charge in [0.05, 0.1) is 5.52 Å². The fourth-order valence-corrected chi connectivity index (χ4v) is 1.78. The van der Waals surface area contributed by atoms with Gasteiger partial charge >= 0.3 is 5.76 Å². The van der Waals surface area contributed by atoms with E-state index in [4.69, 9.17) is 4.42 Å². The fraction of sp³-hybridized carbons (Fsp3) is 0.333. The van der Waals surface area contributed by atoms with Crippen molar-refractivity contribution in [3.05, 3.63) is 34.3 Å². The lowest BCUT2D eigenvalue weighted by atomic mass is 10.2. The second-order valence-corrected chi connectivity index (χ2v) is 3.70. The van der Waals surface area contributed by atoms with Crippen LogP contribution in [0.2, 0.25) is 0 Å². The molecule has 2 aromatic rings. The minimum atomic E-state index is -0.507. The first-order valence-electron chi connectivity index (χ1n) is 5.57. The number of oxazole rings is 1. The summed E-state index contributed by atoms with van der Waals surface area (Å²) in [6.07, 6.45) is 0. The molecular formula is C12H14N2O3. The highest BCUT2D eigenvalue weighted by Gasteiger charge is 2.13. The highest BCUT2D eigenvalue weighted by molar-refractivity contribution is 5.97. The first kappa shape index (κ1) is 11.4. The Kier molecular flexibility index (Phi) is 2.99. The third-order valence-electron chi connectivity index (χ3n) is 2.72. The molecule has 1 amide bonds. The molecule has 1 N–H and O–H groups in total. The first-order valence-corrected chi connectivity index (χ1v) is 5.57. The third kappa shape index (κ3) is 2.08. The molecule has 5 heteroatoms. The zero-order chi connectivity index (χ0) is 12.4. The first-order chi connectivity index (χ1) is 8.15. The Morgan fingerprint density at radius 3 is 2.71 bits per heavy atom. The van der Waals surface area contributed by atoms with Crippen molar-refractivity contribution in [1.29, 1.82) is 0 Å². The summed E-state index contributed by atoms with van der Waals surface area (Å²) < 4.78 is 4.88. The van der Waals surface area contributed by atoms with Gasteiger partial charge in [-0.3, -0.25) is 9.78 Å². The van der Waals surface area contributed by atoms with E-state index in [1.54, 1.807) is 23.1 Å². The minimum absolute atomic E-state index is 0.0426. The van der Waals surface area contributed by atoms with Crippen molar-refractivity contribution in [2.24, 2.45) is 0 Å². The summed E-state index contributed by atoms with van der Waals surface area (Å²) in [7, 11) is 0. The molecule has 0 saturated heterocycles. The van der Waals surface area contributed by atoms with Crippen LogP contribution in [0.3, 0.4) is 0 Å². The van der Waals surface area contributed by atoms with E-state index in [0.29, 0.717) is 29.8 Å². The molecule has 0 aliphatic heterocycles. The van der Waals surface area contributed by atoms with Crippen LogP contribution in [0.4, 0.5) is 0 Å². The van der Waals surface area contributed by atoms with Gasteiger partial charge in [-0.1, -0.05) is 0 Å². The molecular weight excluding hydrogens is 220 g/mol. The molecule has 0 radical (unpaired) electrons. The Hall–Kier alpha value is -2.04. The van der Waals surface area contributed by atoms with Crippen molar-refractivity contribution in [2.45, 2.75) is 13.8 Å². The van der Waals surface area contributed by atoms with E-state index in [2.05, 4.69) is 4.98 Å². The number of aromatic nitrogens is 1. The molecule has 0 saturated carbocycles. The molecule has 17 heavy (non-hydrogen) atoms. The maximum absolute atomic E-state index is 12.1. The van der Waals surface area contributed by atoms with E-state index < -0.39 is 5.76 Å². The number of aromatic amines is 1. The molecule has 2 rings (SSSR count). The summed E-state index contributed by atoms with van der Waals surface area (Å²) in [5.74, 6) is -0.550. The number of benzene rings is 1. The molecule has 0 aliphatic rings. The zero-order valence-corrected chi connectivity index (χ0v) is 9.82. The standard InChI is InChI=1S/C12H14N2O3/c1-3-14(4-2)11(15)8-5-6-10-9(7-8)13-12(16)17-10/h5-7H,3-4H2,1-2H3,(H,13,16). The van der Waals surface area contributed by atoms with Crippen molar-refractivity contribution in [3.8, 4) is 0 Å². The number of hydrogen-bond donors (Lipinski definition) is 1. The number of carbonyl (C=O) groups excluding carboxylic acids is 1. The van der Waals surface area contributed by atoms with Gasteiger partial charge in [0.15, 0.2) is 5.58 Å². The highest BCUT2D eigenvalue weighted by atomic mass is 16.4. The lowest BCUT2D eigenvalue weighted by Gasteiger charge is -2.18. The topological polar surface area (TPSA) is 66.3 Å². The molecule has 0 unspecified atom stereocenters. The number of amides is 1. The number of hydrogen-bond acceptors (Lipinski definition) is 3. The Morgan fingerprint density at radius 2 is 2.06 bits per heavy atom. The van der Waals surface area contributed by atoms with E-state index in [1.807, 2.05) is 13.8 Å². The van der Waals surface area contributed by atoms with E-state index in [-0.39, 0.29) is 5.91 Å². The Balaban J connectivity index is 2.42. The van der Waals surface area contributed by atoms with Gasteiger partial charge in [0.1, 0.15) is 0 Å². The Bertz CT molecular complexity index is 593. The van der Waals surface area contributed by atoms with Gasteiger partial charge in [-0.2, -0.15) is 0 Å². The molecule has 0 atom stereocenters. The summed E-state index contributed by atoms with van der Waals surface area (Å²) in [4.78, 5) is 27.3. The van der Waals surface area contributed by atoms with Gasteiger partial charge in [-0.15, -0.1) is 0 Å². The number of fused-ring (bicyclic) bond motifs is 1. The number of carbonyl (C=O) groups is 1. The van der Waals surface area contributed by atoms with Crippen LogP contribution >= 0.6 is 0 Å². The van der Waals surface area contributed by atoms with Gasteiger partial charge in [-0.25, -0.2) is 4.79 Å². The van der Waals surface area contributed by atoms with Crippen LogP contribution in [-0.4, -0.2) is 28.9 Å². The molecule has 1 aromatic heterocycles. The SMILES string of the molecule is CCN(CC)C(=O)c1ccc2oc(=O)[nH]c2c1. The molecule has 0 spiro atoms. The minimum Gasteiger partial charge on any atom is -0.408 e. The zero-order valence-electron chi connectivity index (χ0n) is 9.82. The highest BCUT2D eigenvalue weighted by Crippen LogP contribution is 2.13. The molecule has 90 valence electrons. The van der Waals surface area contributed by atoms with Crippen molar-refractivity contribution in [3.63, 3.8) is 0 Å². The summed E-state index contributed by atoms with van der Waals surface area (Å²) in [5.41, 5.74) is 1.57. The number of H-pyrrole nitrogens is 1. The molecule has 0 aliphatic carbocycles. The van der Waals surface area contributed by atoms with Crippen LogP contribution in [0.1, 0.15) is 24.2 Å². The van der Waals surface area contributed by atoms with Crippen LogP contribution in [0.5, 0.6) is 0 Å². The fourth-order valence-electron chi connectivity index (χ4n) is 1.78. The predicted octanol–water partition coefficient (Wildman–Crippen LogP) is 1.60. The number of nitrogens with one attached hydrogen (secondary N) is 1. The van der Waals surface area contributed by atoms with Crippen molar-refractivity contribution in [1.82, 2.24) is 9.88 Å². The average molecular weight is 234 g/mol. The lowest BCUT2D eigenvalue weighted by molar-refractivity contribution is 0.0773. The van der Waals surface area contributed by atoms with Gasteiger partial charge in [0, 0.05) is 18.7 Å². The number of nitrogens with zero attached hydrogens (tertiary/aromatic N) is 1. The van der Waals surface area contributed by atoms with E-state index in [0.717, 1.165) is 0 Å². The van der Waals surface area contributed by atoms with E-state index in [1.165, 1.54) is 0 Å². The average Bonchev–Trinajstić information content (AvgIpc) is 2.69. The monoisotopic (exact) mass is 234 g/mol. The smallest absolute Gasteiger partial charge is 0.408 e. The summed E-state index contributed by atoms with van der Waals surface area (Å²) >= 11 is 0. The Labute approximate surface area is 98.0 Å². The van der Waals surface area contributed by atoms with Gasteiger partial charge < -0.3 is 9.32 Å². The molecule has 5 nitrogen and oxygen atoms in total. The summed E-state index contributed by atoms with van der Waals surface area (Å²) in [6, 6.07) is 4.94. The number of rotatable bonds is 3. The van der Waals surface area contributed by atoms with Crippen LogP contribution in [0.15, 0.2) is 27.4 Å². The quantitative estimate of drug-likeness (QED) is 0.877. The van der Waals surface area contributed by atoms with Crippen LogP contribution in [0.25, 0.3) is 11.1 Å². The van der Waals surface area contributed by atoms with Gasteiger partial charge in [0.25, 0.3) is 5.91 Å². The molecule has 0 bridgehead atoms. The summed E-state index contributed by atoms with van der Waals surface area (Å²) in [5, 5.41) is 0. The third-order valence-corrected chi connectivity index (χ3v) is 2.72. The Morgan fingerprint density at radius 1 is 1.35 bits per heavy atom. The molecule has 1 aromatic carbocycles. The van der Waals surface area contributed by atoms with E-state index >= 15 is 0 Å². The van der Waals surface area contributed by atoms with Crippen LogP contribution in [-0.2, 0) is 0 Å². The lowest BCUT2D eigenvalue weighted by Crippen LogP contribution is -2.30. The molecule has 1 heterocycles. The van der Waals surface area contributed by atoms with Crippen LogP contribution in [0, 0.1) is 0 Å². The van der Waals surface area contributed by atoms with Gasteiger partial charge in [-0.05, 0) is 32.0 Å². The largest absolute Gasteiger partial charge is 0.417 e.